The van der Waals surface area contributed by atoms with Crippen molar-refractivity contribution in [1.82, 2.24) is 0 Å². The van der Waals surface area contributed by atoms with Crippen LogP contribution in [-0.4, -0.2) is 13.3 Å². The second kappa shape index (κ2) is 18.2. The van der Waals surface area contributed by atoms with Gasteiger partial charge in [0.1, 0.15) is 0 Å². The van der Waals surface area contributed by atoms with Crippen molar-refractivity contribution < 1.29 is 0 Å². The Morgan fingerprint density at radius 1 is 0.881 bits per heavy atom. The predicted octanol–water partition coefficient (Wildman–Crippen LogP) is 11.3. The molecule has 0 saturated carbocycles. The molecule has 0 radical (unpaired) electrons. The summed E-state index contributed by atoms with van der Waals surface area (Å²) in [7, 11) is 0. The molecule has 0 heterocycles. The molecule has 0 atom stereocenters. The van der Waals surface area contributed by atoms with Gasteiger partial charge < -0.3 is 5.73 Å². The maximum atomic E-state index is 6.08. The molecule has 2 N–H and O–H groups in total. The summed E-state index contributed by atoms with van der Waals surface area (Å²) >= 11 is 0. The molecule has 2 nitrogen and oxygen atoms in total. The fraction of sp³-hybridized carbons (Fsp3) is 0.225. The first-order valence-electron chi connectivity index (χ1n) is 14.9. The molecular formula is C40H48N2. The van der Waals surface area contributed by atoms with E-state index in [9.17, 15) is 0 Å². The molecular weight excluding hydrogens is 508 g/mol. The lowest BCUT2D eigenvalue weighted by Gasteiger charge is -2.21. The molecule has 218 valence electrons. The molecule has 0 aliphatic heterocycles. The standard InChI is InChI=1S/C33H35N.C5H7N.C2H6/c1-4-8-25-11-13-28(14-12-25)32(21-22-34)33-23-30(24(2)3)19-20-31(33)29-17-15-27(16-18-29)26-9-6-5-7-10-26;1-4-5(2)6-3;1-2/h5-7,9-11,13,15-21,23H,2,4,8,12,14,22,34H2,1,3H3;4H,1-3H2;1-2H3/b32-21-;;. The smallest absolute Gasteiger partial charge is 0.0544 e. The van der Waals surface area contributed by atoms with Gasteiger partial charge in [0, 0.05) is 6.54 Å². The van der Waals surface area contributed by atoms with Crippen LogP contribution in [0, 0.1) is 0 Å². The average Bonchev–Trinajstić information content (AvgIpc) is 3.05. The summed E-state index contributed by atoms with van der Waals surface area (Å²) in [4.78, 5) is 3.44. The summed E-state index contributed by atoms with van der Waals surface area (Å²) < 4.78 is 0. The minimum absolute atomic E-state index is 0.516. The Hall–Kier alpha value is -4.27. The molecule has 1 aliphatic rings. The van der Waals surface area contributed by atoms with Gasteiger partial charge in [-0.25, -0.2) is 0 Å². The minimum Gasteiger partial charge on any atom is -0.327 e. The highest BCUT2D eigenvalue weighted by Gasteiger charge is 2.17. The van der Waals surface area contributed by atoms with Gasteiger partial charge >= 0.3 is 0 Å². The van der Waals surface area contributed by atoms with Crippen LogP contribution < -0.4 is 5.73 Å². The van der Waals surface area contributed by atoms with Crippen LogP contribution in [-0.2, 0) is 0 Å². The summed E-state index contributed by atoms with van der Waals surface area (Å²) in [6.45, 7) is 23.1. The van der Waals surface area contributed by atoms with Crippen LogP contribution in [0.3, 0.4) is 0 Å². The SMILES string of the molecule is C=C(C)c1ccc(-c2ccc(-c3ccccc3)cc2)c(/C(=C\CN)C2=CC=C(CCC)CC2)c1.C=CC(=C)N=C.CC. The van der Waals surface area contributed by atoms with Crippen LogP contribution in [0.15, 0.2) is 139 Å². The van der Waals surface area contributed by atoms with Crippen molar-refractivity contribution in [3.05, 3.63) is 145 Å². The number of nitrogens with two attached hydrogens (primary N) is 1. The zero-order chi connectivity index (χ0) is 30.9. The highest BCUT2D eigenvalue weighted by molar-refractivity contribution is 5.90. The first-order chi connectivity index (χ1) is 20.4. The van der Waals surface area contributed by atoms with Crippen molar-refractivity contribution in [3.63, 3.8) is 0 Å². The summed E-state index contributed by atoms with van der Waals surface area (Å²) in [5.41, 5.74) is 19.2. The van der Waals surface area contributed by atoms with Gasteiger partial charge in [0.25, 0.3) is 0 Å². The number of aliphatic imine (C=N–C) groups is 1. The van der Waals surface area contributed by atoms with Crippen molar-refractivity contribution in [2.24, 2.45) is 10.7 Å². The molecule has 1 aliphatic carbocycles. The molecule has 0 amide bonds. The van der Waals surface area contributed by atoms with Gasteiger partial charge in [0.05, 0.1) is 5.70 Å². The van der Waals surface area contributed by atoms with E-state index in [-0.39, 0.29) is 0 Å². The molecule has 2 heteroatoms. The van der Waals surface area contributed by atoms with E-state index >= 15 is 0 Å². The Balaban J connectivity index is 0.000000686. The Bertz CT molecular complexity index is 1420. The van der Waals surface area contributed by atoms with Crippen LogP contribution in [0.25, 0.3) is 33.4 Å². The van der Waals surface area contributed by atoms with Crippen molar-refractivity contribution in [2.45, 2.75) is 53.4 Å². The van der Waals surface area contributed by atoms with Gasteiger partial charge in [0.15, 0.2) is 0 Å². The van der Waals surface area contributed by atoms with Crippen molar-refractivity contribution >= 4 is 17.9 Å². The fourth-order valence-electron chi connectivity index (χ4n) is 4.79. The number of hydrogen-bond acceptors (Lipinski definition) is 2. The zero-order valence-corrected chi connectivity index (χ0v) is 26.1. The molecule has 0 spiro atoms. The van der Waals surface area contributed by atoms with Crippen molar-refractivity contribution in [3.8, 4) is 22.3 Å². The molecule has 4 rings (SSSR count). The van der Waals surface area contributed by atoms with Crippen LogP contribution in [0.4, 0.5) is 0 Å². The third kappa shape index (κ3) is 9.68. The lowest BCUT2D eigenvalue weighted by molar-refractivity contribution is 0.811. The van der Waals surface area contributed by atoms with E-state index in [1.54, 1.807) is 11.6 Å². The number of hydrogen-bond donors (Lipinski definition) is 1. The third-order valence-corrected chi connectivity index (χ3v) is 7.02. The third-order valence-electron chi connectivity index (χ3n) is 7.02. The first-order valence-corrected chi connectivity index (χ1v) is 14.9. The molecule has 3 aromatic carbocycles. The van der Waals surface area contributed by atoms with Gasteiger partial charge in [-0.05, 0) is 89.6 Å². The zero-order valence-electron chi connectivity index (χ0n) is 26.1. The summed E-state index contributed by atoms with van der Waals surface area (Å²) in [5.74, 6) is 0. The Labute approximate surface area is 255 Å². The van der Waals surface area contributed by atoms with Crippen LogP contribution in [0.2, 0.25) is 0 Å². The van der Waals surface area contributed by atoms with Crippen LogP contribution in [0.1, 0.15) is 64.5 Å². The summed E-state index contributed by atoms with van der Waals surface area (Å²) in [5, 5.41) is 0. The lowest BCUT2D eigenvalue weighted by Crippen LogP contribution is -2.03. The van der Waals surface area contributed by atoms with E-state index in [0.29, 0.717) is 12.2 Å². The maximum absolute atomic E-state index is 6.08. The predicted molar refractivity (Wildman–Crippen MR) is 190 cm³/mol. The highest BCUT2D eigenvalue weighted by atomic mass is 14.7. The topological polar surface area (TPSA) is 38.4 Å². The first kappa shape index (κ1) is 33.9. The molecule has 0 saturated heterocycles. The molecule has 0 fully saturated rings. The van der Waals surface area contributed by atoms with Gasteiger partial charge in [-0.15, -0.1) is 0 Å². The molecule has 0 unspecified atom stereocenters. The van der Waals surface area contributed by atoms with Gasteiger partial charge in [-0.2, -0.15) is 0 Å². The summed E-state index contributed by atoms with van der Waals surface area (Å²) in [6, 6.07) is 26.1. The highest BCUT2D eigenvalue weighted by Crippen LogP contribution is 2.38. The van der Waals surface area contributed by atoms with E-state index in [1.165, 1.54) is 57.4 Å². The van der Waals surface area contributed by atoms with Gasteiger partial charge in [-0.1, -0.05) is 143 Å². The van der Waals surface area contributed by atoms with E-state index in [1.807, 2.05) is 13.8 Å². The number of rotatable bonds is 10. The largest absolute Gasteiger partial charge is 0.327 e. The van der Waals surface area contributed by atoms with Gasteiger partial charge in [0.2, 0.25) is 0 Å². The lowest BCUT2D eigenvalue weighted by atomic mass is 9.83. The monoisotopic (exact) mass is 556 g/mol. The van der Waals surface area contributed by atoms with Crippen LogP contribution in [0.5, 0.6) is 0 Å². The van der Waals surface area contributed by atoms with Crippen LogP contribution >= 0.6 is 0 Å². The second-order valence-corrected chi connectivity index (χ2v) is 9.96. The number of nitrogens with zero attached hydrogens (tertiary/aromatic N) is 1. The van der Waals surface area contributed by atoms with Crippen molar-refractivity contribution in [2.75, 3.05) is 6.54 Å². The fourth-order valence-corrected chi connectivity index (χ4v) is 4.79. The quantitative estimate of drug-likeness (QED) is 0.196. The molecule has 42 heavy (non-hydrogen) atoms. The van der Waals surface area contributed by atoms with E-state index in [4.69, 9.17) is 5.73 Å². The average molecular weight is 557 g/mol. The Kier molecular flexibility index (Phi) is 14.7. The van der Waals surface area contributed by atoms with E-state index < -0.39 is 0 Å². The number of benzene rings is 3. The Morgan fingerprint density at radius 3 is 2.02 bits per heavy atom. The minimum atomic E-state index is 0.516. The van der Waals surface area contributed by atoms with Crippen molar-refractivity contribution in [1.29, 1.82) is 0 Å². The Morgan fingerprint density at radius 2 is 1.52 bits per heavy atom. The normalized spacial score (nSPS) is 12.4. The second-order valence-electron chi connectivity index (χ2n) is 9.96. The maximum Gasteiger partial charge on any atom is 0.0544 e. The molecule has 0 bridgehead atoms. The molecule has 3 aromatic rings. The summed E-state index contributed by atoms with van der Waals surface area (Å²) in [6.07, 6.45) is 12.9. The van der Waals surface area contributed by atoms with Gasteiger partial charge in [-0.3, -0.25) is 4.99 Å². The van der Waals surface area contributed by atoms with E-state index in [2.05, 4.69) is 136 Å². The molecule has 0 aromatic heterocycles. The number of allylic oxidation sites excluding steroid dienone is 7. The van der Waals surface area contributed by atoms with E-state index in [0.717, 1.165) is 18.4 Å².